The highest BCUT2D eigenvalue weighted by molar-refractivity contribution is 7.17. The van der Waals surface area contributed by atoms with Gasteiger partial charge in [-0.05, 0) is 36.5 Å². The van der Waals surface area contributed by atoms with Crippen molar-refractivity contribution in [1.82, 2.24) is 4.98 Å². The van der Waals surface area contributed by atoms with Gasteiger partial charge in [0.1, 0.15) is 5.01 Å². The molecule has 104 valence electrons. The molecule has 1 aromatic carbocycles. The maximum absolute atomic E-state index is 12.2. The van der Waals surface area contributed by atoms with Crippen LogP contribution < -0.4 is 0 Å². The van der Waals surface area contributed by atoms with Crippen molar-refractivity contribution in [3.63, 3.8) is 0 Å². The Kier molecular flexibility index (Phi) is 3.22. The average molecular weight is 306 g/mol. The van der Waals surface area contributed by atoms with Crippen LogP contribution in [0.1, 0.15) is 41.2 Å². The lowest BCUT2D eigenvalue weighted by Crippen LogP contribution is -2.25. The van der Waals surface area contributed by atoms with Crippen molar-refractivity contribution in [3.8, 4) is 10.6 Å². The number of hydrogen-bond donors (Lipinski definition) is 0. The fourth-order valence-electron chi connectivity index (χ4n) is 2.70. The Balaban J connectivity index is 2.08. The third-order valence-corrected chi connectivity index (χ3v) is 5.06. The molecule has 0 aliphatic heterocycles. The number of carbonyl (C=O) groups excluding carboxylic acids is 1. The van der Waals surface area contributed by atoms with E-state index in [9.17, 15) is 4.79 Å². The molecule has 0 bridgehead atoms. The van der Waals surface area contributed by atoms with Gasteiger partial charge in [0.15, 0.2) is 5.78 Å². The van der Waals surface area contributed by atoms with E-state index in [2.05, 4.69) is 13.8 Å². The van der Waals surface area contributed by atoms with E-state index in [4.69, 9.17) is 16.6 Å². The Bertz CT molecular complexity index is 702. The van der Waals surface area contributed by atoms with Gasteiger partial charge in [0.25, 0.3) is 0 Å². The minimum Gasteiger partial charge on any atom is -0.293 e. The van der Waals surface area contributed by atoms with Crippen LogP contribution in [0.4, 0.5) is 0 Å². The summed E-state index contributed by atoms with van der Waals surface area (Å²) in [6.45, 7) is 6.27. The normalized spacial score (nSPS) is 17.1. The van der Waals surface area contributed by atoms with Gasteiger partial charge in [0.05, 0.1) is 10.6 Å². The zero-order chi connectivity index (χ0) is 14.5. The van der Waals surface area contributed by atoms with Gasteiger partial charge in [-0.25, -0.2) is 4.98 Å². The molecule has 0 amide bonds. The van der Waals surface area contributed by atoms with Crippen molar-refractivity contribution in [2.45, 2.75) is 33.6 Å². The summed E-state index contributed by atoms with van der Waals surface area (Å²) in [5.41, 5.74) is 3.14. The van der Waals surface area contributed by atoms with Gasteiger partial charge in [0.2, 0.25) is 0 Å². The number of fused-ring (bicyclic) bond motifs is 1. The number of carbonyl (C=O) groups is 1. The monoisotopic (exact) mass is 305 g/mol. The molecule has 0 radical (unpaired) electrons. The molecule has 0 unspecified atom stereocenters. The number of rotatable bonds is 1. The highest BCUT2D eigenvalue weighted by Gasteiger charge is 2.34. The van der Waals surface area contributed by atoms with Gasteiger partial charge < -0.3 is 0 Å². The molecule has 0 atom stereocenters. The molecule has 0 saturated heterocycles. The highest BCUT2D eigenvalue weighted by Crippen LogP contribution is 2.40. The number of thiazole rings is 1. The lowest BCUT2D eigenvalue weighted by atomic mass is 9.78. The van der Waals surface area contributed by atoms with Crippen LogP contribution in [0.2, 0.25) is 5.02 Å². The molecule has 0 saturated carbocycles. The fourth-order valence-corrected chi connectivity index (χ4v) is 4.04. The van der Waals surface area contributed by atoms with Crippen molar-refractivity contribution < 1.29 is 4.79 Å². The van der Waals surface area contributed by atoms with Gasteiger partial charge in [0, 0.05) is 17.0 Å². The first kappa shape index (κ1) is 13.8. The molecule has 0 N–H and O–H groups in total. The number of Topliss-reactive ketones (excluding diaryl/α,β-unsaturated/α-hetero) is 1. The van der Waals surface area contributed by atoms with E-state index in [0.29, 0.717) is 6.42 Å². The largest absolute Gasteiger partial charge is 0.293 e. The zero-order valence-electron chi connectivity index (χ0n) is 11.8. The number of ketones is 1. The number of benzene rings is 1. The minimum atomic E-state index is 0.0183. The molecule has 2 aromatic rings. The summed E-state index contributed by atoms with van der Waals surface area (Å²) in [7, 11) is 0. The number of halogens is 1. The van der Waals surface area contributed by atoms with Crippen molar-refractivity contribution in [2.75, 3.05) is 0 Å². The SMILES string of the molecule is Cc1cc(Cl)ccc1-c1nc2c(s1)C(=O)CC(C)(C)C2. The molecule has 1 aliphatic rings. The predicted octanol–water partition coefficient (Wildman–Crippen LogP) is 4.93. The Morgan fingerprint density at radius 3 is 2.75 bits per heavy atom. The molecule has 0 spiro atoms. The predicted molar refractivity (Wildman–Crippen MR) is 83.7 cm³/mol. The van der Waals surface area contributed by atoms with Crippen LogP contribution in [0.3, 0.4) is 0 Å². The fraction of sp³-hybridized carbons (Fsp3) is 0.375. The Morgan fingerprint density at radius 2 is 2.05 bits per heavy atom. The molecule has 1 aromatic heterocycles. The third kappa shape index (κ3) is 2.40. The lowest BCUT2D eigenvalue weighted by Gasteiger charge is -2.26. The summed E-state index contributed by atoms with van der Waals surface area (Å²) in [5.74, 6) is 0.228. The molecule has 1 aliphatic carbocycles. The molecular weight excluding hydrogens is 290 g/mol. The van der Waals surface area contributed by atoms with E-state index in [1.165, 1.54) is 11.3 Å². The van der Waals surface area contributed by atoms with Crippen molar-refractivity contribution >= 4 is 28.7 Å². The standard InChI is InChI=1S/C16H16ClNOS/c1-9-6-10(17)4-5-11(9)15-18-12-7-16(2,3)8-13(19)14(12)20-15/h4-6H,7-8H2,1-3H3. The molecule has 2 nitrogen and oxygen atoms in total. The van der Waals surface area contributed by atoms with Gasteiger partial charge in [-0.15, -0.1) is 11.3 Å². The molecule has 20 heavy (non-hydrogen) atoms. The van der Waals surface area contributed by atoms with Gasteiger partial charge >= 0.3 is 0 Å². The van der Waals surface area contributed by atoms with Crippen molar-refractivity contribution in [2.24, 2.45) is 5.41 Å². The van der Waals surface area contributed by atoms with Crippen LogP contribution in [0, 0.1) is 12.3 Å². The first-order chi connectivity index (χ1) is 9.35. The van der Waals surface area contributed by atoms with Gasteiger partial charge in [-0.2, -0.15) is 0 Å². The van der Waals surface area contributed by atoms with E-state index < -0.39 is 0 Å². The summed E-state index contributed by atoms with van der Waals surface area (Å²) >= 11 is 7.51. The van der Waals surface area contributed by atoms with Crippen molar-refractivity contribution in [3.05, 3.63) is 39.4 Å². The van der Waals surface area contributed by atoms with E-state index >= 15 is 0 Å². The van der Waals surface area contributed by atoms with E-state index in [0.717, 1.165) is 38.1 Å². The second-order valence-electron chi connectivity index (χ2n) is 6.20. The smallest absolute Gasteiger partial charge is 0.175 e. The number of nitrogens with zero attached hydrogens (tertiary/aromatic N) is 1. The first-order valence-electron chi connectivity index (χ1n) is 6.65. The Morgan fingerprint density at radius 1 is 1.30 bits per heavy atom. The molecule has 4 heteroatoms. The number of aryl methyl sites for hydroxylation is 1. The van der Waals surface area contributed by atoms with Crippen LogP contribution in [-0.2, 0) is 6.42 Å². The summed E-state index contributed by atoms with van der Waals surface area (Å²) in [6.07, 6.45) is 1.48. The quantitative estimate of drug-likeness (QED) is 0.748. The van der Waals surface area contributed by atoms with Gasteiger partial charge in [-0.3, -0.25) is 4.79 Å². The topological polar surface area (TPSA) is 30.0 Å². The van der Waals surface area contributed by atoms with Crippen LogP contribution in [0.5, 0.6) is 0 Å². The van der Waals surface area contributed by atoms with Gasteiger partial charge in [-0.1, -0.05) is 31.5 Å². The molecule has 1 heterocycles. The summed E-state index contributed by atoms with van der Waals surface area (Å²) in [6, 6.07) is 5.79. The maximum atomic E-state index is 12.2. The summed E-state index contributed by atoms with van der Waals surface area (Å²) in [5, 5.41) is 1.65. The van der Waals surface area contributed by atoms with Crippen LogP contribution >= 0.6 is 22.9 Å². The Hall–Kier alpha value is -1.19. The summed E-state index contributed by atoms with van der Waals surface area (Å²) in [4.78, 5) is 17.8. The first-order valence-corrected chi connectivity index (χ1v) is 7.85. The minimum absolute atomic E-state index is 0.0183. The second-order valence-corrected chi connectivity index (χ2v) is 7.63. The van der Waals surface area contributed by atoms with E-state index in [1.807, 2.05) is 25.1 Å². The molecule has 3 rings (SSSR count). The maximum Gasteiger partial charge on any atom is 0.175 e. The zero-order valence-corrected chi connectivity index (χ0v) is 13.4. The van der Waals surface area contributed by atoms with Crippen molar-refractivity contribution in [1.29, 1.82) is 0 Å². The summed E-state index contributed by atoms with van der Waals surface area (Å²) < 4.78 is 0. The number of aromatic nitrogens is 1. The Labute approximate surface area is 127 Å². The second kappa shape index (κ2) is 4.68. The van der Waals surface area contributed by atoms with E-state index in [-0.39, 0.29) is 11.2 Å². The number of hydrogen-bond acceptors (Lipinski definition) is 3. The van der Waals surface area contributed by atoms with E-state index in [1.54, 1.807) is 0 Å². The van der Waals surface area contributed by atoms with Crippen LogP contribution in [0.25, 0.3) is 10.6 Å². The van der Waals surface area contributed by atoms with Crippen LogP contribution in [-0.4, -0.2) is 10.8 Å². The van der Waals surface area contributed by atoms with Crippen LogP contribution in [0.15, 0.2) is 18.2 Å². The lowest BCUT2D eigenvalue weighted by molar-refractivity contribution is 0.0916. The molecule has 0 fully saturated rings. The third-order valence-electron chi connectivity index (χ3n) is 3.65. The molecular formula is C16H16ClNOS. The highest BCUT2D eigenvalue weighted by atomic mass is 35.5. The average Bonchev–Trinajstić information content (AvgIpc) is 2.70.